The molecule has 2 N–H and O–H groups in total. The number of hydrogen-bond donors (Lipinski definition) is 2. The first-order valence-electron chi connectivity index (χ1n) is 9.28. The highest BCUT2D eigenvalue weighted by molar-refractivity contribution is 5.97. The molecule has 1 aliphatic carbocycles. The van der Waals surface area contributed by atoms with Crippen molar-refractivity contribution >= 4 is 11.8 Å². The average molecular weight is 330 g/mol. The van der Waals surface area contributed by atoms with E-state index >= 15 is 0 Å². The zero-order valence-electron chi connectivity index (χ0n) is 14.9. The lowest BCUT2D eigenvalue weighted by atomic mass is 9.97. The molecule has 0 aromatic heterocycles. The molecule has 2 rings (SSSR count). The summed E-state index contributed by atoms with van der Waals surface area (Å²) in [6.07, 6.45) is 7.80. The number of nitrogens with one attached hydrogen (secondary N) is 2. The van der Waals surface area contributed by atoms with E-state index in [1.165, 1.54) is 25.7 Å². The zero-order chi connectivity index (χ0) is 17.4. The lowest BCUT2D eigenvalue weighted by molar-refractivity contribution is -0.124. The normalized spacial score (nSPS) is 18.2. The van der Waals surface area contributed by atoms with Gasteiger partial charge in [-0.3, -0.25) is 9.59 Å². The van der Waals surface area contributed by atoms with Crippen molar-refractivity contribution < 1.29 is 9.59 Å². The Balaban J connectivity index is 2.01. The van der Waals surface area contributed by atoms with Crippen LogP contribution >= 0.6 is 0 Å². The summed E-state index contributed by atoms with van der Waals surface area (Å²) in [7, 11) is 0. The van der Waals surface area contributed by atoms with Crippen LogP contribution in [0.1, 0.15) is 69.2 Å². The summed E-state index contributed by atoms with van der Waals surface area (Å²) in [4.78, 5) is 25.2. The van der Waals surface area contributed by atoms with Gasteiger partial charge in [-0.25, -0.2) is 0 Å². The summed E-state index contributed by atoms with van der Waals surface area (Å²) in [6.45, 7) is 4.06. The molecule has 1 fully saturated rings. The molecule has 2 atom stereocenters. The van der Waals surface area contributed by atoms with Crippen LogP contribution < -0.4 is 10.6 Å². The van der Waals surface area contributed by atoms with Crippen molar-refractivity contribution in [1.82, 2.24) is 10.6 Å². The van der Waals surface area contributed by atoms with E-state index in [4.69, 9.17) is 0 Å². The van der Waals surface area contributed by atoms with Crippen LogP contribution in [0.3, 0.4) is 0 Å². The lowest BCUT2D eigenvalue weighted by Gasteiger charge is -2.26. The predicted molar refractivity (Wildman–Crippen MR) is 96.8 cm³/mol. The third-order valence-corrected chi connectivity index (χ3v) is 5.02. The Morgan fingerprint density at radius 3 is 2.29 bits per heavy atom. The van der Waals surface area contributed by atoms with Gasteiger partial charge in [0.1, 0.15) is 6.04 Å². The van der Waals surface area contributed by atoms with E-state index < -0.39 is 6.04 Å². The molecule has 0 bridgehead atoms. The van der Waals surface area contributed by atoms with Crippen LogP contribution in [-0.2, 0) is 4.79 Å². The molecule has 1 aromatic rings. The number of rotatable bonds is 6. The number of hydrogen-bond acceptors (Lipinski definition) is 2. The van der Waals surface area contributed by atoms with E-state index in [9.17, 15) is 9.59 Å². The maximum absolute atomic E-state index is 12.8. The molecule has 2 amide bonds. The van der Waals surface area contributed by atoms with E-state index in [1.54, 1.807) is 12.1 Å². The van der Waals surface area contributed by atoms with Gasteiger partial charge in [0.05, 0.1) is 0 Å². The molecule has 0 heterocycles. The minimum absolute atomic E-state index is 0.0412. The zero-order valence-corrected chi connectivity index (χ0v) is 14.9. The van der Waals surface area contributed by atoms with Gasteiger partial charge >= 0.3 is 0 Å². The number of carbonyl (C=O) groups is 2. The minimum atomic E-state index is -0.481. The smallest absolute Gasteiger partial charge is 0.251 e. The van der Waals surface area contributed by atoms with E-state index in [2.05, 4.69) is 10.6 Å². The molecular weight excluding hydrogens is 300 g/mol. The SMILES string of the molecule is CCC(C)C(NC(=O)c1ccccc1)C(=O)NC1CCCCCC1. The lowest BCUT2D eigenvalue weighted by Crippen LogP contribution is -2.52. The summed E-state index contributed by atoms with van der Waals surface area (Å²) in [6, 6.07) is 8.85. The van der Waals surface area contributed by atoms with Crippen LogP contribution in [0.4, 0.5) is 0 Å². The first-order valence-corrected chi connectivity index (χ1v) is 9.28. The van der Waals surface area contributed by atoms with Crippen molar-refractivity contribution in [2.75, 3.05) is 0 Å². The van der Waals surface area contributed by atoms with Crippen LogP contribution in [0, 0.1) is 5.92 Å². The topological polar surface area (TPSA) is 58.2 Å². The Hall–Kier alpha value is -1.84. The summed E-state index contributed by atoms with van der Waals surface area (Å²) in [5.74, 6) is -0.124. The molecule has 4 heteroatoms. The van der Waals surface area contributed by atoms with Crippen molar-refractivity contribution in [1.29, 1.82) is 0 Å². The number of amides is 2. The van der Waals surface area contributed by atoms with Gasteiger partial charge in [0.2, 0.25) is 5.91 Å². The highest BCUT2D eigenvalue weighted by Gasteiger charge is 2.28. The van der Waals surface area contributed by atoms with Crippen molar-refractivity contribution in [3.8, 4) is 0 Å². The fourth-order valence-corrected chi connectivity index (χ4v) is 3.23. The third kappa shape index (κ3) is 5.36. The Morgan fingerprint density at radius 2 is 1.71 bits per heavy atom. The Bertz CT molecular complexity index is 522. The van der Waals surface area contributed by atoms with Gasteiger partial charge in [-0.1, -0.05) is 64.2 Å². The molecule has 1 aliphatic rings. The van der Waals surface area contributed by atoms with Gasteiger partial charge in [-0.05, 0) is 30.9 Å². The van der Waals surface area contributed by atoms with Gasteiger partial charge in [-0.2, -0.15) is 0 Å². The van der Waals surface area contributed by atoms with Gasteiger partial charge in [0, 0.05) is 11.6 Å². The average Bonchev–Trinajstić information content (AvgIpc) is 2.88. The van der Waals surface area contributed by atoms with Crippen molar-refractivity contribution in [2.24, 2.45) is 5.92 Å². The molecule has 2 unspecified atom stereocenters. The number of benzene rings is 1. The largest absolute Gasteiger partial charge is 0.352 e. The molecule has 0 aliphatic heterocycles. The molecule has 1 saturated carbocycles. The molecule has 1 aromatic carbocycles. The quantitative estimate of drug-likeness (QED) is 0.782. The number of carbonyl (C=O) groups excluding carboxylic acids is 2. The highest BCUT2D eigenvalue weighted by atomic mass is 16.2. The Morgan fingerprint density at radius 1 is 1.08 bits per heavy atom. The van der Waals surface area contributed by atoms with E-state index in [1.807, 2.05) is 32.0 Å². The van der Waals surface area contributed by atoms with Crippen LogP contribution in [0.5, 0.6) is 0 Å². The molecule has 0 spiro atoms. The monoisotopic (exact) mass is 330 g/mol. The molecule has 0 radical (unpaired) electrons. The summed E-state index contributed by atoms with van der Waals surface area (Å²) < 4.78 is 0. The third-order valence-electron chi connectivity index (χ3n) is 5.02. The second kappa shape index (κ2) is 9.45. The molecule has 132 valence electrons. The van der Waals surface area contributed by atoms with Crippen molar-refractivity contribution in [3.63, 3.8) is 0 Å². The summed E-state index contributed by atoms with van der Waals surface area (Å²) >= 11 is 0. The summed E-state index contributed by atoms with van der Waals surface area (Å²) in [5.41, 5.74) is 0.591. The van der Waals surface area contributed by atoms with Crippen LogP contribution in [-0.4, -0.2) is 23.9 Å². The van der Waals surface area contributed by atoms with Crippen LogP contribution in [0.2, 0.25) is 0 Å². The van der Waals surface area contributed by atoms with Gasteiger partial charge < -0.3 is 10.6 Å². The predicted octanol–water partition coefficient (Wildman–Crippen LogP) is 3.67. The second-order valence-corrected chi connectivity index (χ2v) is 6.90. The van der Waals surface area contributed by atoms with Crippen molar-refractivity contribution in [3.05, 3.63) is 35.9 Å². The van der Waals surface area contributed by atoms with E-state index in [0.717, 1.165) is 19.3 Å². The van der Waals surface area contributed by atoms with Gasteiger partial charge in [-0.15, -0.1) is 0 Å². The molecule has 24 heavy (non-hydrogen) atoms. The van der Waals surface area contributed by atoms with Gasteiger partial charge in [0.25, 0.3) is 5.91 Å². The fourth-order valence-electron chi connectivity index (χ4n) is 3.23. The Kier molecular flexibility index (Phi) is 7.29. The molecular formula is C20H30N2O2. The molecule has 0 saturated heterocycles. The maximum Gasteiger partial charge on any atom is 0.251 e. The Labute approximate surface area is 145 Å². The van der Waals surface area contributed by atoms with Crippen molar-refractivity contribution in [2.45, 2.75) is 70.9 Å². The molecule has 4 nitrogen and oxygen atoms in total. The second-order valence-electron chi connectivity index (χ2n) is 6.90. The minimum Gasteiger partial charge on any atom is -0.352 e. The fraction of sp³-hybridized carbons (Fsp3) is 0.600. The standard InChI is InChI=1S/C20H30N2O2/c1-3-15(2)18(22-19(23)16-11-7-6-8-12-16)20(24)21-17-13-9-4-5-10-14-17/h6-8,11-12,15,17-18H,3-5,9-10,13-14H2,1-2H3,(H,21,24)(H,22,23). The summed E-state index contributed by atoms with van der Waals surface area (Å²) in [5, 5.41) is 6.12. The first-order chi connectivity index (χ1) is 11.6. The van der Waals surface area contributed by atoms with Gasteiger partial charge in [0.15, 0.2) is 0 Å². The van der Waals surface area contributed by atoms with E-state index in [0.29, 0.717) is 5.56 Å². The first kappa shape index (κ1) is 18.5. The maximum atomic E-state index is 12.8. The van der Waals surface area contributed by atoms with E-state index in [-0.39, 0.29) is 23.8 Å². The van der Waals surface area contributed by atoms with Crippen LogP contribution in [0.15, 0.2) is 30.3 Å². The van der Waals surface area contributed by atoms with Crippen LogP contribution in [0.25, 0.3) is 0 Å². The highest BCUT2D eigenvalue weighted by Crippen LogP contribution is 2.18.